The van der Waals surface area contributed by atoms with Gasteiger partial charge in [-0.1, -0.05) is 36.4 Å². The van der Waals surface area contributed by atoms with E-state index in [-0.39, 0.29) is 23.9 Å². The van der Waals surface area contributed by atoms with Crippen LogP contribution in [0, 0.1) is 6.92 Å². The smallest absolute Gasteiger partial charge is 0.265 e. The number of methoxy groups -OCH3 is 1. The van der Waals surface area contributed by atoms with E-state index >= 15 is 0 Å². The molecular formula is C25H28N2O6S. The fourth-order valence-electron chi connectivity index (χ4n) is 3.48. The third kappa shape index (κ3) is 5.67. The predicted molar refractivity (Wildman–Crippen MR) is 131 cm³/mol. The predicted octanol–water partition coefficient (Wildman–Crippen LogP) is 3.92. The summed E-state index contributed by atoms with van der Waals surface area (Å²) in [6.07, 6.45) is 0. The maximum atomic E-state index is 13.2. The van der Waals surface area contributed by atoms with Gasteiger partial charge in [0.15, 0.2) is 0 Å². The number of rotatable bonds is 10. The van der Waals surface area contributed by atoms with Crippen LogP contribution in [-0.2, 0) is 14.8 Å². The highest BCUT2D eigenvalue weighted by Crippen LogP contribution is 2.32. The molecule has 0 aliphatic carbocycles. The van der Waals surface area contributed by atoms with Gasteiger partial charge in [-0.05, 0) is 43.7 Å². The summed E-state index contributed by atoms with van der Waals surface area (Å²) in [6, 6.07) is 18.3. The molecule has 34 heavy (non-hydrogen) atoms. The molecule has 0 saturated carbocycles. The zero-order valence-electron chi connectivity index (χ0n) is 19.2. The van der Waals surface area contributed by atoms with Crippen LogP contribution in [-0.4, -0.2) is 39.8 Å². The molecule has 0 spiro atoms. The highest BCUT2D eigenvalue weighted by atomic mass is 32.2. The minimum absolute atomic E-state index is 0.0728. The number of nitrogens with one attached hydrogen (secondary N) is 2. The average Bonchev–Trinajstić information content (AvgIpc) is 2.82. The van der Waals surface area contributed by atoms with Gasteiger partial charge in [0.2, 0.25) is 5.91 Å². The molecule has 0 fully saturated rings. The quantitative estimate of drug-likeness (QED) is 0.402. The van der Waals surface area contributed by atoms with Crippen LogP contribution in [0.4, 0.5) is 11.4 Å². The summed E-state index contributed by atoms with van der Waals surface area (Å²) >= 11 is 0. The highest BCUT2D eigenvalue weighted by molar-refractivity contribution is 7.92. The topological polar surface area (TPSA) is 114 Å². The van der Waals surface area contributed by atoms with Crippen molar-refractivity contribution in [1.29, 1.82) is 0 Å². The summed E-state index contributed by atoms with van der Waals surface area (Å²) in [5.41, 5.74) is 2.04. The lowest BCUT2D eigenvalue weighted by Crippen LogP contribution is -2.24. The number of ether oxygens (including phenoxy) is 2. The lowest BCUT2D eigenvalue weighted by molar-refractivity contribution is -0.118. The number of carbonyl (C=O) groups is 1. The zero-order chi connectivity index (χ0) is 24.7. The molecule has 9 heteroatoms. The Balaban J connectivity index is 1.88. The Morgan fingerprint density at radius 2 is 1.76 bits per heavy atom. The van der Waals surface area contributed by atoms with Crippen molar-refractivity contribution in [1.82, 2.24) is 0 Å². The van der Waals surface area contributed by atoms with Gasteiger partial charge in [-0.3, -0.25) is 9.52 Å². The van der Waals surface area contributed by atoms with Crippen LogP contribution < -0.4 is 19.5 Å². The zero-order valence-corrected chi connectivity index (χ0v) is 20.1. The van der Waals surface area contributed by atoms with Gasteiger partial charge in [-0.15, -0.1) is 0 Å². The number of aliphatic hydroxyl groups is 1. The van der Waals surface area contributed by atoms with E-state index in [0.717, 1.165) is 0 Å². The molecule has 1 atom stereocenters. The first-order valence-corrected chi connectivity index (χ1v) is 12.2. The van der Waals surface area contributed by atoms with Crippen molar-refractivity contribution in [3.05, 3.63) is 77.9 Å². The maximum Gasteiger partial charge on any atom is 0.265 e. The largest absolute Gasteiger partial charge is 0.496 e. The SMILES string of the molecule is CCOc1cc(NC(=O)[C@@H](CO)c2ccccc2)ccc1S(=O)(=O)Nc1cccc(OC)c1C. The van der Waals surface area contributed by atoms with Crippen molar-refractivity contribution in [2.45, 2.75) is 24.7 Å². The van der Waals surface area contributed by atoms with Crippen molar-refractivity contribution in [2.24, 2.45) is 0 Å². The van der Waals surface area contributed by atoms with Crippen LogP contribution in [0.5, 0.6) is 11.5 Å². The minimum atomic E-state index is -4.01. The standard InChI is InChI=1S/C25H28N2O6S/c1-4-33-23-15-19(26-25(29)20(16-28)18-9-6-5-7-10-18)13-14-24(23)34(30,31)27-21-11-8-12-22(32-3)17(21)2/h5-15,20,27-28H,4,16H2,1-3H3,(H,26,29)/t20-/m0/s1. The first-order valence-electron chi connectivity index (χ1n) is 10.7. The lowest BCUT2D eigenvalue weighted by Gasteiger charge is -2.18. The number of aliphatic hydroxyl groups excluding tert-OH is 1. The lowest BCUT2D eigenvalue weighted by atomic mass is 9.99. The second-order valence-corrected chi connectivity index (χ2v) is 9.12. The van der Waals surface area contributed by atoms with E-state index in [1.807, 2.05) is 6.07 Å². The molecule has 3 aromatic rings. The molecule has 0 aliphatic heterocycles. The first-order chi connectivity index (χ1) is 16.3. The maximum absolute atomic E-state index is 13.2. The van der Waals surface area contributed by atoms with Gasteiger partial charge in [0, 0.05) is 17.3 Å². The number of amides is 1. The number of sulfonamides is 1. The van der Waals surface area contributed by atoms with Crippen LogP contribution in [0.25, 0.3) is 0 Å². The first kappa shape index (κ1) is 25.1. The van der Waals surface area contributed by atoms with Gasteiger partial charge in [0.25, 0.3) is 10.0 Å². The summed E-state index contributed by atoms with van der Waals surface area (Å²) in [7, 11) is -2.49. The summed E-state index contributed by atoms with van der Waals surface area (Å²) in [6.45, 7) is 3.34. The van der Waals surface area contributed by atoms with E-state index in [1.165, 1.54) is 25.3 Å². The number of hydrogen-bond acceptors (Lipinski definition) is 6. The van der Waals surface area contributed by atoms with Crippen LogP contribution in [0.2, 0.25) is 0 Å². The molecular weight excluding hydrogens is 456 g/mol. The molecule has 3 N–H and O–H groups in total. The molecule has 3 rings (SSSR count). The van der Waals surface area contributed by atoms with Gasteiger partial charge >= 0.3 is 0 Å². The fourth-order valence-corrected chi connectivity index (χ4v) is 4.73. The number of hydrogen-bond donors (Lipinski definition) is 3. The average molecular weight is 485 g/mol. The summed E-state index contributed by atoms with van der Waals surface area (Å²) in [5.74, 6) is -0.538. The Morgan fingerprint density at radius 1 is 1.03 bits per heavy atom. The normalized spacial score (nSPS) is 12.0. The highest BCUT2D eigenvalue weighted by Gasteiger charge is 2.24. The van der Waals surface area contributed by atoms with Gasteiger partial charge in [0.1, 0.15) is 16.4 Å². The minimum Gasteiger partial charge on any atom is -0.496 e. The van der Waals surface area contributed by atoms with E-state index in [2.05, 4.69) is 10.0 Å². The van der Waals surface area contributed by atoms with Crippen molar-refractivity contribution >= 4 is 27.3 Å². The van der Waals surface area contributed by atoms with Gasteiger partial charge < -0.3 is 19.9 Å². The Kier molecular flexibility index (Phi) is 8.14. The van der Waals surface area contributed by atoms with Crippen molar-refractivity contribution in [2.75, 3.05) is 30.4 Å². The third-order valence-electron chi connectivity index (χ3n) is 5.25. The van der Waals surface area contributed by atoms with Crippen molar-refractivity contribution < 1.29 is 27.8 Å². The van der Waals surface area contributed by atoms with E-state index < -0.39 is 21.8 Å². The Morgan fingerprint density at radius 3 is 2.41 bits per heavy atom. The number of benzene rings is 3. The van der Waals surface area contributed by atoms with Gasteiger partial charge in [0.05, 0.1) is 31.9 Å². The Bertz CT molecular complexity index is 1250. The molecule has 0 bridgehead atoms. The number of anilines is 2. The second kappa shape index (κ2) is 11.0. The van der Waals surface area contributed by atoms with Crippen molar-refractivity contribution in [3.63, 3.8) is 0 Å². The summed E-state index contributed by atoms with van der Waals surface area (Å²) < 4.78 is 39.8. The Labute approximate surface area is 199 Å². The van der Waals surface area contributed by atoms with E-state index in [9.17, 15) is 18.3 Å². The fraction of sp³-hybridized carbons (Fsp3) is 0.240. The molecule has 8 nitrogen and oxygen atoms in total. The third-order valence-corrected chi connectivity index (χ3v) is 6.65. The number of carbonyl (C=O) groups excluding carboxylic acids is 1. The molecule has 3 aromatic carbocycles. The van der Waals surface area contributed by atoms with Crippen LogP contribution in [0.3, 0.4) is 0 Å². The van der Waals surface area contributed by atoms with Crippen LogP contribution >= 0.6 is 0 Å². The monoisotopic (exact) mass is 484 g/mol. The molecule has 0 saturated heterocycles. The van der Waals surface area contributed by atoms with E-state index in [4.69, 9.17) is 9.47 Å². The Hall–Kier alpha value is -3.56. The molecule has 1 amide bonds. The molecule has 0 unspecified atom stereocenters. The second-order valence-electron chi connectivity index (χ2n) is 7.47. The van der Waals surface area contributed by atoms with Gasteiger partial charge in [-0.25, -0.2) is 8.42 Å². The van der Waals surface area contributed by atoms with Crippen LogP contribution in [0.15, 0.2) is 71.6 Å². The molecule has 0 radical (unpaired) electrons. The summed E-state index contributed by atoms with van der Waals surface area (Å²) in [4.78, 5) is 12.7. The molecule has 0 aliphatic rings. The van der Waals surface area contributed by atoms with E-state index in [0.29, 0.717) is 28.3 Å². The van der Waals surface area contributed by atoms with Crippen molar-refractivity contribution in [3.8, 4) is 11.5 Å². The molecule has 0 heterocycles. The molecule has 180 valence electrons. The van der Waals surface area contributed by atoms with Crippen LogP contribution in [0.1, 0.15) is 24.0 Å². The molecule has 0 aromatic heterocycles. The van der Waals surface area contributed by atoms with E-state index in [1.54, 1.807) is 56.3 Å². The van der Waals surface area contributed by atoms with Gasteiger partial charge in [-0.2, -0.15) is 0 Å². The summed E-state index contributed by atoms with van der Waals surface area (Å²) in [5, 5.41) is 12.5.